The van der Waals surface area contributed by atoms with E-state index in [2.05, 4.69) is 4.98 Å². The molecule has 29 heavy (non-hydrogen) atoms. The molecule has 1 amide bonds. The minimum absolute atomic E-state index is 0.00351. The van der Waals surface area contributed by atoms with Gasteiger partial charge in [0.15, 0.2) is 0 Å². The lowest BCUT2D eigenvalue weighted by atomic mass is 10.1. The van der Waals surface area contributed by atoms with E-state index < -0.39 is 0 Å². The van der Waals surface area contributed by atoms with Crippen LogP contribution in [0.4, 0.5) is 0 Å². The summed E-state index contributed by atoms with van der Waals surface area (Å²) in [4.78, 5) is 31.5. The average Bonchev–Trinajstić information content (AvgIpc) is 2.79. The molecular weight excluding hydrogens is 368 g/mol. The molecule has 1 aliphatic heterocycles. The number of benzene rings is 2. The fraction of sp³-hybridized carbons (Fsp3) is 0.174. The molecule has 0 bridgehead atoms. The summed E-state index contributed by atoms with van der Waals surface area (Å²) in [5, 5.41) is 0.993. The lowest BCUT2D eigenvalue weighted by molar-refractivity contribution is 0.0303. The van der Waals surface area contributed by atoms with E-state index in [1.165, 1.54) is 0 Å². The van der Waals surface area contributed by atoms with Crippen LogP contribution in [0.3, 0.4) is 0 Å². The van der Waals surface area contributed by atoms with Crippen LogP contribution in [0.1, 0.15) is 10.4 Å². The number of ether oxygens (including phenoxy) is 1. The monoisotopic (exact) mass is 386 g/mol. The van der Waals surface area contributed by atoms with Crippen molar-refractivity contribution in [1.29, 1.82) is 0 Å². The van der Waals surface area contributed by atoms with Crippen LogP contribution in [-0.4, -0.2) is 42.1 Å². The second kappa shape index (κ2) is 7.14. The molecule has 0 saturated carbocycles. The molecule has 2 aromatic heterocycles. The number of hydrogen-bond acceptors (Lipinski definition) is 5. The van der Waals surface area contributed by atoms with Crippen LogP contribution in [0.25, 0.3) is 33.2 Å². The van der Waals surface area contributed by atoms with Gasteiger partial charge in [-0.25, -0.2) is 0 Å². The van der Waals surface area contributed by atoms with Crippen LogP contribution in [-0.2, 0) is 4.74 Å². The SMILES string of the molecule is O=C(c1ccc(-c2cc3oc4ccccc4c(=O)c3cn2)cc1)N1CCOCC1. The lowest BCUT2D eigenvalue weighted by Crippen LogP contribution is -2.40. The van der Waals surface area contributed by atoms with Gasteiger partial charge in [-0.1, -0.05) is 24.3 Å². The predicted molar refractivity (Wildman–Crippen MR) is 110 cm³/mol. The van der Waals surface area contributed by atoms with Crippen LogP contribution in [0, 0.1) is 0 Å². The highest BCUT2D eigenvalue weighted by Crippen LogP contribution is 2.24. The van der Waals surface area contributed by atoms with Gasteiger partial charge in [0.2, 0.25) is 5.43 Å². The van der Waals surface area contributed by atoms with E-state index >= 15 is 0 Å². The van der Waals surface area contributed by atoms with Gasteiger partial charge < -0.3 is 14.1 Å². The first-order valence-electron chi connectivity index (χ1n) is 9.50. The number of hydrogen-bond donors (Lipinski definition) is 0. The maximum atomic E-state index is 12.7. The molecule has 0 unspecified atom stereocenters. The fourth-order valence-corrected chi connectivity index (χ4v) is 3.59. The fourth-order valence-electron chi connectivity index (χ4n) is 3.59. The van der Waals surface area contributed by atoms with Crippen molar-refractivity contribution in [2.45, 2.75) is 0 Å². The largest absolute Gasteiger partial charge is 0.456 e. The van der Waals surface area contributed by atoms with E-state index in [0.29, 0.717) is 59.5 Å². The standard InChI is InChI=1S/C23H18N2O4/c26-22-17-3-1-2-4-20(17)29-21-13-19(24-14-18(21)22)15-5-7-16(8-6-15)23(27)25-9-11-28-12-10-25/h1-8,13-14H,9-12H2. The zero-order valence-electron chi connectivity index (χ0n) is 15.6. The molecule has 0 spiro atoms. The van der Waals surface area contributed by atoms with Crippen LogP contribution >= 0.6 is 0 Å². The second-order valence-corrected chi connectivity index (χ2v) is 6.97. The second-order valence-electron chi connectivity index (χ2n) is 6.97. The van der Waals surface area contributed by atoms with Crippen LogP contribution < -0.4 is 5.43 Å². The van der Waals surface area contributed by atoms with Crippen LogP contribution in [0.5, 0.6) is 0 Å². The van der Waals surface area contributed by atoms with E-state index in [9.17, 15) is 9.59 Å². The third kappa shape index (κ3) is 3.17. The highest BCUT2D eigenvalue weighted by Gasteiger charge is 2.18. The Kier molecular flexibility index (Phi) is 4.33. The normalized spacial score (nSPS) is 14.4. The van der Waals surface area contributed by atoms with Crippen molar-refractivity contribution < 1.29 is 13.9 Å². The molecule has 2 aromatic carbocycles. The summed E-state index contributed by atoms with van der Waals surface area (Å²) in [5.41, 5.74) is 3.12. The summed E-state index contributed by atoms with van der Waals surface area (Å²) in [6.07, 6.45) is 1.55. The summed E-state index contributed by atoms with van der Waals surface area (Å²) in [6, 6.07) is 16.3. The number of para-hydroxylation sites is 1. The van der Waals surface area contributed by atoms with Crippen molar-refractivity contribution in [1.82, 2.24) is 9.88 Å². The van der Waals surface area contributed by atoms with E-state index in [1.54, 1.807) is 41.4 Å². The number of amides is 1. The predicted octanol–water partition coefficient (Wildman–Crippen LogP) is 3.48. The van der Waals surface area contributed by atoms with Crippen molar-refractivity contribution in [2.24, 2.45) is 0 Å². The smallest absolute Gasteiger partial charge is 0.254 e. The van der Waals surface area contributed by atoms with Crippen molar-refractivity contribution in [3.05, 3.63) is 76.6 Å². The first-order chi connectivity index (χ1) is 14.2. The summed E-state index contributed by atoms with van der Waals surface area (Å²) >= 11 is 0. The number of pyridine rings is 1. The first kappa shape index (κ1) is 17.6. The topological polar surface area (TPSA) is 72.6 Å². The summed E-state index contributed by atoms with van der Waals surface area (Å²) in [5.74, 6) is 0.00351. The Labute approximate surface area is 166 Å². The maximum Gasteiger partial charge on any atom is 0.254 e. The number of rotatable bonds is 2. The Bertz CT molecular complexity index is 1270. The van der Waals surface area contributed by atoms with E-state index in [1.807, 2.05) is 24.3 Å². The molecule has 1 fully saturated rings. The van der Waals surface area contributed by atoms with Crippen molar-refractivity contribution in [3.63, 3.8) is 0 Å². The minimum atomic E-state index is -0.0904. The molecule has 6 nitrogen and oxygen atoms in total. The molecule has 5 rings (SSSR count). The number of morpholine rings is 1. The van der Waals surface area contributed by atoms with Crippen molar-refractivity contribution in [3.8, 4) is 11.3 Å². The zero-order valence-corrected chi connectivity index (χ0v) is 15.6. The number of nitrogens with zero attached hydrogens (tertiary/aromatic N) is 2. The van der Waals surface area contributed by atoms with Crippen molar-refractivity contribution >= 4 is 27.8 Å². The van der Waals surface area contributed by atoms with E-state index in [-0.39, 0.29) is 11.3 Å². The Balaban J connectivity index is 1.49. The minimum Gasteiger partial charge on any atom is -0.456 e. The van der Waals surface area contributed by atoms with E-state index in [0.717, 1.165) is 5.56 Å². The molecule has 6 heteroatoms. The molecular formula is C23H18N2O4. The molecule has 0 aliphatic carbocycles. The van der Waals surface area contributed by atoms with Gasteiger partial charge in [0, 0.05) is 36.5 Å². The van der Waals surface area contributed by atoms with Gasteiger partial charge in [-0.05, 0) is 24.3 Å². The summed E-state index contributed by atoms with van der Waals surface area (Å²) in [7, 11) is 0. The van der Waals surface area contributed by atoms with Gasteiger partial charge in [-0.3, -0.25) is 14.6 Å². The van der Waals surface area contributed by atoms with E-state index in [4.69, 9.17) is 9.15 Å². The number of carbonyl (C=O) groups excluding carboxylic acids is 1. The van der Waals surface area contributed by atoms with Crippen molar-refractivity contribution in [2.75, 3.05) is 26.3 Å². The Morgan fingerprint density at radius 3 is 2.48 bits per heavy atom. The molecule has 0 radical (unpaired) electrons. The highest BCUT2D eigenvalue weighted by molar-refractivity contribution is 5.95. The van der Waals surface area contributed by atoms with Gasteiger partial charge in [0.05, 0.1) is 29.7 Å². The molecule has 0 atom stereocenters. The quantitative estimate of drug-likeness (QED) is 0.493. The summed E-state index contributed by atoms with van der Waals surface area (Å²) < 4.78 is 11.2. The third-order valence-corrected chi connectivity index (χ3v) is 5.19. The van der Waals surface area contributed by atoms with Crippen LogP contribution in [0.2, 0.25) is 0 Å². The van der Waals surface area contributed by atoms with Gasteiger partial charge in [-0.15, -0.1) is 0 Å². The molecule has 4 aromatic rings. The first-order valence-corrected chi connectivity index (χ1v) is 9.50. The molecule has 0 N–H and O–H groups in total. The average molecular weight is 386 g/mol. The van der Waals surface area contributed by atoms with Crippen LogP contribution in [0.15, 0.2) is 70.0 Å². The zero-order chi connectivity index (χ0) is 19.8. The number of aromatic nitrogens is 1. The Morgan fingerprint density at radius 1 is 0.931 bits per heavy atom. The lowest BCUT2D eigenvalue weighted by Gasteiger charge is -2.26. The number of fused-ring (bicyclic) bond motifs is 2. The highest BCUT2D eigenvalue weighted by atomic mass is 16.5. The Morgan fingerprint density at radius 2 is 1.69 bits per heavy atom. The third-order valence-electron chi connectivity index (χ3n) is 5.19. The summed E-state index contributed by atoms with van der Waals surface area (Å²) in [6.45, 7) is 2.37. The van der Waals surface area contributed by atoms with Gasteiger partial charge in [-0.2, -0.15) is 0 Å². The number of carbonyl (C=O) groups is 1. The van der Waals surface area contributed by atoms with Gasteiger partial charge in [0.25, 0.3) is 5.91 Å². The van der Waals surface area contributed by atoms with Gasteiger partial charge in [0.1, 0.15) is 11.2 Å². The Hall–Kier alpha value is -3.51. The molecule has 3 heterocycles. The molecule has 144 valence electrons. The maximum absolute atomic E-state index is 12.7. The van der Waals surface area contributed by atoms with Gasteiger partial charge >= 0.3 is 0 Å². The molecule has 1 saturated heterocycles. The molecule has 1 aliphatic rings.